The molecule has 0 spiro atoms. The van der Waals surface area contributed by atoms with Crippen molar-refractivity contribution in [1.82, 2.24) is 0 Å². The zero-order valence-electron chi connectivity index (χ0n) is 7.46. The van der Waals surface area contributed by atoms with Gasteiger partial charge in [0.25, 0.3) is 0 Å². The monoisotopic (exact) mass is 195 g/mol. The molecule has 2 N–H and O–H groups in total. The first-order valence-corrected chi connectivity index (χ1v) is 4.44. The van der Waals surface area contributed by atoms with Gasteiger partial charge in [-0.1, -0.05) is 6.07 Å². The van der Waals surface area contributed by atoms with E-state index >= 15 is 0 Å². The Morgan fingerprint density at radius 2 is 2.36 bits per heavy atom. The van der Waals surface area contributed by atoms with Crippen LogP contribution in [0.25, 0.3) is 0 Å². The maximum absolute atomic E-state index is 12.8. The summed E-state index contributed by atoms with van der Waals surface area (Å²) in [4.78, 5) is 10.9. The van der Waals surface area contributed by atoms with Crippen LogP contribution >= 0.6 is 0 Å². The van der Waals surface area contributed by atoms with E-state index in [2.05, 4.69) is 5.32 Å². The third-order valence-electron chi connectivity index (χ3n) is 2.44. The first-order chi connectivity index (χ1) is 6.68. The highest BCUT2D eigenvalue weighted by atomic mass is 19.1. The van der Waals surface area contributed by atoms with Crippen LogP contribution in [-0.4, -0.2) is 17.6 Å². The molecule has 74 valence electrons. The number of carboxylic acids is 1. The van der Waals surface area contributed by atoms with Gasteiger partial charge in [0.2, 0.25) is 0 Å². The SMILES string of the molecule is O=C(O)[C@@H]1CCNc2cc(F)ccc21. The number of halogens is 1. The second-order valence-electron chi connectivity index (χ2n) is 3.34. The molecule has 0 saturated carbocycles. The van der Waals surface area contributed by atoms with E-state index in [1.807, 2.05) is 0 Å². The van der Waals surface area contributed by atoms with Gasteiger partial charge in [0.05, 0.1) is 5.92 Å². The van der Waals surface area contributed by atoms with E-state index < -0.39 is 11.9 Å². The molecule has 0 saturated heterocycles. The standard InChI is InChI=1S/C10H10FNO2/c11-6-1-2-7-8(10(13)14)3-4-12-9(7)5-6/h1-2,5,8,12H,3-4H2,(H,13,14)/t8-/m1/s1. The van der Waals surface area contributed by atoms with Crippen LogP contribution in [0.4, 0.5) is 10.1 Å². The van der Waals surface area contributed by atoms with Crippen LogP contribution in [0.5, 0.6) is 0 Å². The zero-order valence-corrected chi connectivity index (χ0v) is 7.46. The molecule has 3 nitrogen and oxygen atoms in total. The summed E-state index contributed by atoms with van der Waals surface area (Å²) >= 11 is 0. The quantitative estimate of drug-likeness (QED) is 0.718. The van der Waals surface area contributed by atoms with Gasteiger partial charge in [-0.05, 0) is 24.1 Å². The van der Waals surface area contributed by atoms with E-state index in [9.17, 15) is 9.18 Å². The molecule has 0 bridgehead atoms. The van der Waals surface area contributed by atoms with Crippen LogP contribution < -0.4 is 5.32 Å². The van der Waals surface area contributed by atoms with Crippen LogP contribution in [0, 0.1) is 5.82 Å². The average Bonchev–Trinajstić information content (AvgIpc) is 2.16. The lowest BCUT2D eigenvalue weighted by atomic mass is 9.91. The highest BCUT2D eigenvalue weighted by molar-refractivity contribution is 5.80. The fourth-order valence-corrected chi connectivity index (χ4v) is 1.75. The Bertz CT molecular complexity index is 378. The van der Waals surface area contributed by atoms with Gasteiger partial charge in [-0.3, -0.25) is 4.79 Å². The number of hydrogen-bond acceptors (Lipinski definition) is 2. The maximum Gasteiger partial charge on any atom is 0.311 e. The highest BCUT2D eigenvalue weighted by Crippen LogP contribution is 2.31. The number of aliphatic carboxylic acids is 1. The number of hydrogen-bond donors (Lipinski definition) is 2. The van der Waals surface area contributed by atoms with Crippen LogP contribution in [-0.2, 0) is 4.79 Å². The van der Waals surface area contributed by atoms with Gasteiger partial charge in [-0.25, -0.2) is 4.39 Å². The van der Waals surface area contributed by atoms with Crippen molar-refractivity contribution in [3.8, 4) is 0 Å². The second-order valence-corrected chi connectivity index (χ2v) is 3.34. The van der Waals surface area contributed by atoms with Crippen LogP contribution in [0.2, 0.25) is 0 Å². The molecule has 0 aromatic heterocycles. The van der Waals surface area contributed by atoms with E-state index in [0.29, 0.717) is 24.2 Å². The van der Waals surface area contributed by atoms with Gasteiger partial charge in [0.15, 0.2) is 0 Å². The van der Waals surface area contributed by atoms with E-state index in [4.69, 9.17) is 5.11 Å². The van der Waals surface area contributed by atoms with Crippen molar-refractivity contribution in [1.29, 1.82) is 0 Å². The molecule has 0 aliphatic carbocycles. The van der Waals surface area contributed by atoms with Crippen molar-refractivity contribution in [2.24, 2.45) is 0 Å². The van der Waals surface area contributed by atoms with Gasteiger partial charge >= 0.3 is 5.97 Å². The first kappa shape index (κ1) is 8.99. The lowest BCUT2D eigenvalue weighted by molar-refractivity contribution is -0.138. The maximum atomic E-state index is 12.8. The predicted molar refractivity (Wildman–Crippen MR) is 49.9 cm³/mol. The molecular weight excluding hydrogens is 185 g/mol. The highest BCUT2D eigenvalue weighted by Gasteiger charge is 2.25. The normalized spacial score (nSPS) is 19.6. The molecule has 0 unspecified atom stereocenters. The average molecular weight is 195 g/mol. The van der Waals surface area contributed by atoms with Crippen LogP contribution in [0.15, 0.2) is 18.2 Å². The minimum Gasteiger partial charge on any atom is -0.481 e. The molecule has 0 radical (unpaired) electrons. The van der Waals surface area contributed by atoms with E-state index in [0.717, 1.165) is 0 Å². The molecule has 1 heterocycles. The Balaban J connectivity index is 2.44. The molecule has 4 heteroatoms. The Labute approximate surface area is 80.6 Å². The minimum atomic E-state index is -0.848. The smallest absolute Gasteiger partial charge is 0.311 e. The number of carbonyl (C=O) groups is 1. The zero-order chi connectivity index (χ0) is 10.1. The van der Waals surface area contributed by atoms with Crippen molar-refractivity contribution in [2.75, 3.05) is 11.9 Å². The fourth-order valence-electron chi connectivity index (χ4n) is 1.75. The Morgan fingerprint density at radius 1 is 1.57 bits per heavy atom. The molecule has 14 heavy (non-hydrogen) atoms. The summed E-state index contributed by atoms with van der Waals surface area (Å²) in [6.45, 7) is 0.577. The molecule has 1 aliphatic rings. The van der Waals surface area contributed by atoms with Gasteiger partial charge in [0.1, 0.15) is 5.82 Å². The van der Waals surface area contributed by atoms with Gasteiger partial charge in [0, 0.05) is 12.2 Å². The summed E-state index contributed by atoms with van der Waals surface area (Å²) in [6.07, 6.45) is 0.550. The lowest BCUT2D eigenvalue weighted by Gasteiger charge is -2.23. The van der Waals surface area contributed by atoms with Crippen molar-refractivity contribution in [3.05, 3.63) is 29.6 Å². The Hall–Kier alpha value is -1.58. The number of benzene rings is 1. The Kier molecular flexibility index (Phi) is 2.11. The molecular formula is C10H10FNO2. The topological polar surface area (TPSA) is 49.3 Å². The van der Waals surface area contributed by atoms with E-state index in [1.165, 1.54) is 18.2 Å². The fraction of sp³-hybridized carbons (Fsp3) is 0.300. The minimum absolute atomic E-state index is 0.345. The summed E-state index contributed by atoms with van der Waals surface area (Å²) in [5, 5.41) is 11.9. The van der Waals surface area contributed by atoms with Crippen molar-refractivity contribution >= 4 is 11.7 Å². The summed E-state index contributed by atoms with van der Waals surface area (Å²) in [6, 6.07) is 4.17. The number of rotatable bonds is 1. The summed E-state index contributed by atoms with van der Waals surface area (Å²) in [5.74, 6) is -1.70. The van der Waals surface area contributed by atoms with Crippen molar-refractivity contribution in [2.45, 2.75) is 12.3 Å². The summed E-state index contributed by atoms with van der Waals surface area (Å²) < 4.78 is 12.8. The molecule has 2 rings (SSSR count). The summed E-state index contributed by atoms with van der Waals surface area (Å²) in [5.41, 5.74) is 1.27. The van der Waals surface area contributed by atoms with Crippen LogP contribution in [0.1, 0.15) is 17.9 Å². The van der Waals surface area contributed by atoms with Crippen molar-refractivity contribution < 1.29 is 14.3 Å². The third-order valence-corrected chi connectivity index (χ3v) is 2.44. The van der Waals surface area contributed by atoms with E-state index in [-0.39, 0.29) is 5.82 Å². The molecule has 0 fully saturated rings. The number of carboxylic acid groups (broad SMARTS) is 1. The molecule has 1 atom stereocenters. The molecule has 1 aromatic rings. The van der Waals surface area contributed by atoms with Gasteiger partial charge in [-0.15, -0.1) is 0 Å². The second kappa shape index (κ2) is 3.29. The van der Waals surface area contributed by atoms with E-state index in [1.54, 1.807) is 0 Å². The van der Waals surface area contributed by atoms with Gasteiger partial charge < -0.3 is 10.4 Å². The number of fused-ring (bicyclic) bond motifs is 1. The Morgan fingerprint density at radius 3 is 3.07 bits per heavy atom. The molecule has 1 aromatic carbocycles. The third kappa shape index (κ3) is 1.43. The number of anilines is 1. The van der Waals surface area contributed by atoms with Gasteiger partial charge in [-0.2, -0.15) is 0 Å². The summed E-state index contributed by atoms with van der Waals surface area (Å²) in [7, 11) is 0. The number of nitrogens with one attached hydrogen (secondary N) is 1. The predicted octanol–water partition coefficient (Wildman–Crippen LogP) is 1.81. The van der Waals surface area contributed by atoms with Crippen LogP contribution in [0.3, 0.4) is 0 Å². The van der Waals surface area contributed by atoms with Crippen molar-refractivity contribution in [3.63, 3.8) is 0 Å². The largest absolute Gasteiger partial charge is 0.481 e. The lowest BCUT2D eigenvalue weighted by Crippen LogP contribution is -2.22. The first-order valence-electron chi connectivity index (χ1n) is 4.44. The molecule has 1 aliphatic heterocycles. The molecule has 0 amide bonds.